The molecule has 0 aliphatic carbocycles. The molecule has 3 rings (SSSR count). The van der Waals surface area contributed by atoms with Gasteiger partial charge in [-0.2, -0.15) is 0 Å². The number of piperazine rings is 1. The first kappa shape index (κ1) is 20.3. The van der Waals surface area contributed by atoms with Crippen LogP contribution < -0.4 is 4.90 Å². The Morgan fingerprint density at radius 2 is 1.83 bits per heavy atom. The smallest absolute Gasteiger partial charge is 0.341 e. The summed E-state index contributed by atoms with van der Waals surface area (Å²) in [5.41, 5.74) is 1.85. The summed E-state index contributed by atoms with van der Waals surface area (Å²) >= 11 is 0. The summed E-state index contributed by atoms with van der Waals surface area (Å²) in [7, 11) is 0. The number of hydrogen-bond acceptors (Lipinski definition) is 7. The summed E-state index contributed by atoms with van der Waals surface area (Å²) in [5, 5.41) is 9.61. The highest BCUT2D eigenvalue weighted by molar-refractivity contribution is 5.88. The predicted octanol–water partition coefficient (Wildman–Crippen LogP) is 3.03. The number of halogens is 1. The molecule has 0 atom stereocenters. The number of aliphatic hydroxyl groups is 1. The molecule has 1 fully saturated rings. The van der Waals surface area contributed by atoms with Crippen LogP contribution in [-0.4, -0.2) is 58.7 Å². The van der Waals surface area contributed by atoms with Crippen molar-refractivity contribution in [2.75, 3.05) is 37.7 Å². The fourth-order valence-corrected chi connectivity index (χ4v) is 2.95. The zero-order valence-electron chi connectivity index (χ0n) is 16.2. The van der Waals surface area contributed by atoms with E-state index in [0.29, 0.717) is 50.0 Å². The Labute approximate surface area is 168 Å². The van der Waals surface area contributed by atoms with E-state index in [1.165, 1.54) is 24.5 Å². The van der Waals surface area contributed by atoms with Crippen molar-refractivity contribution in [3.63, 3.8) is 0 Å². The molecule has 1 aliphatic rings. The normalized spacial score (nSPS) is 15.0. The first-order valence-corrected chi connectivity index (χ1v) is 9.38. The lowest BCUT2D eigenvalue weighted by molar-refractivity contribution is 0.0525. The molecule has 8 heteroatoms. The molecular weight excluding hydrogens is 375 g/mol. The van der Waals surface area contributed by atoms with E-state index >= 15 is 0 Å². The van der Waals surface area contributed by atoms with E-state index in [-0.39, 0.29) is 5.82 Å². The third kappa shape index (κ3) is 5.31. The maximum atomic E-state index is 13.0. The molecule has 0 amide bonds. The number of carbonyl (C=O) groups is 1. The summed E-state index contributed by atoms with van der Waals surface area (Å²) in [6, 6.07) is 6.15. The number of hydrogen-bond donors (Lipinski definition) is 1. The van der Waals surface area contributed by atoms with Crippen LogP contribution in [0.1, 0.15) is 22.8 Å². The molecule has 0 saturated carbocycles. The van der Waals surface area contributed by atoms with Gasteiger partial charge in [-0.3, -0.25) is 0 Å². The van der Waals surface area contributed by atoms with Gasteiger partial charge < -0.3 is 19.6 Å². The number of aromatic nitrogens is 2. The minimum absolute atomic E-state index is 0.284. The van der Waals surface area contributed by atoms with E-state index in [2.05, 4.69) is 9.97 Å². The molecule has 29 heavy (non-hydrogen) atoms. The van der Waals surface area contributed by atoms with Crippen LogP contribution in [0.3, 0.4) is 0 Å². The topological polar surface area (TPSA) is 78.8 Å². The Morgan fingerprint density at radius 3 is 2.41 bits per heavy atom. The molecule has 0 bridgehead atoms. The van der Waals surface area contributed by atoms with E-state index in [1.807, 2.05) is 15.9 Å². The number of rotatable bonds is 6. The lowest BCUT2D eigenvalue weighted by Gasteiger charge is -2.36. The monoisotopic (exact) mass is 398 g/mol. The molecular formula is C21H23FN4O3. The van der Waals surface area contributed by atoms with Gasteiger partial charge in [-0.15, -0.1) is 0 Å². The summed E-state index contributed by atoms with van der Waals surface area (Å²) in [4.78, 5) is 24.3. The second-order valence-corrected chi connectivity index (χ2v) is 6.41. The average Bonchev–Trinajstić information content (AvgIpc) is 2.76. The van der Waals surface area contributed by atoms with Gasteiger partial charge in [-0.25, -0.2) is 19.2 Å². The van der Waals surface area contributed by atoms with Gasteiger partial charge in [0, 0.05) is 38.6 Å². The van der Waals surface area contributed by atoms with Crippen LogP contribution >= 0.6 is 0 Å². The number of allylic oxidation sites excluding steroid dienone is 1. The van der Waals surface area contributed by atoms with Crippen LogP contribution in [0.4, 0.5) is 10.3 Å². The number of carbonyl (C=O) groups excluding carboxylic acids is 1. The Balaban J connectivity index is 1.57. The Bertz CT molecular complexity index is 874. The largest absolute Gasteiger partial charge is 0.513 e. The molecule has 1 saturated heterocycles. The quantitative estimate of drug-likeness (QED) is 0.455. The van der Waals surface area contributed by atoms with E-state index < -0.39 is 5.97 Å². The van der Waals surface area contributed by atoms with Crippen molar-refractivity contribution in [1.82, 2.24) is 14.9 Å². The highest BCUT2D eigenvalue weighted by atomic mass is 19.1. The highest BCUT2D eigenvalue weighted by Crippen LogP contribution is 2.16. The maximum Gasteiger partial charge on any atom is 0.341 e. The van der Waals surface area contributed by atoms with Crippen LogP contribution in [0.15, 0.2) is 54.7 Å². The Morgan fingerprint density at radius 1 is 1.17 bits per heavy atom. The van der Waals surface area contributed by atoms with Crippen molar-refractivity contribution in [2.24, 2.45) is 0 Å². The average molecular weight is 398 g/mol. The van der Waals surface area contributed by atoms with Crippen LogP contribution in [-0.2, 0) is 4.74 Å². The zero-order chi connectivity index (χ0) is 20.6. The van der Waals surface area contributed by atoms with E-state index in [0.717, 1.165) is 11.8 Å². The van der Waals surface area contributed by atoms with Gasteiger partial charge in [-0.05, 0) is 30.7 Å². The van der Waals surface area contributed by atoms with Crippen molar-refractivity contribution in [3.05, 3.63) is 71.6 Å². The highest BCUT2D eigenvalue weighted by Gasteiger charge is 2.20. The van der Waals surface area contributed by atoms with Gasteiger partial charge in [0.05, 0.1) is 17.9 Å². The number of esters is 1. The predicted molar refractivity (Wildman–Crippen MR) is 108 cm³/mol. The first-order chi connectivity index (χ1) is 14.1. The van der Waals surface area contributed by atoms with Gasteiger partial charge >= 0.3 is 5.97 Å². The molecule has 1 N–H and O–H groups in total. The number of benzene rings is 1. The maximum absolute atomic E-state index is 13.0. The van der Waals surface area contributed by atoms with Gasteiger partial charge in [0.15, 0.2) is 0 Å². The van der Waals surface area contributed by atoms with Crippen molar-refractivity contribution in [3.8, 4) is 0 Å². The summed E-state index contributed by atoms with van der Waals surface area (Å²) in [6.45, 7) is 4.72. The SMILES string of the molecule is CCOC(=O)c1cnc(N2CCN(C(/C=C/c3ccc(F)cc3)=C/O)CC2)nc1. The molecule has 2 aromatic rings. The second kappa shape index (κ2) is 9.68. The van der Waals surface area contributed by atoms with Gasteiger partial charge in [0.25, 0.3) is 0 Å². The molecule has 1 aliphatic heterocycles. The van der Waals surface area contributed by atoms with Crippen molar-refractivity contribution < 1.29 is 19.0 Å². The fourth-order valence-electron chi connectivity index (χ4n) is 2.95. The molecule has 1 aromatic carbocycles. The molecule has 0 unspecified atom stereocenters. The minimum atomic E-state index is -0.436. The van der Waals surface area contributed by atoms with Crippen LogP contribution in [0.25, 0.3) is 6.08 Å². The van der Waals surface area contributed by atoms with Crippen molar-refractivity contribution in [1.29, 1.82) is 0 Å². The van der Waals surface area contributed by atoms with Crippen LogP contribution in [0.5, 0.6) is 0 Å². The molecule has 2 heterocycles. The number of ether oxygens (including phenoxy) is 1. The number of nitrogens with zero attached hydrogens (tertiary/aromatic N) is 4. The first-order valence-electron chi connectivity index (χ1n) is 9.38. The molecule has 1 aromatic heterocycles. The zero-order valence-corrected chi connectivity index (χ0v) is 16.2. The van der Waals surface area contributed by atoms with Gasteiger partial charge in [-0.1, -0.05) is 18.2 Å². The summed E-state index contributed by atoms with van der Waals surface area (Å²) < 4.78 is 17.9. The van der Waals surface area contributed by atoms with Crippen LogP contribution in [0.2, 0.25) is 0 Å². The molecule has 152 valence electrons. The fraction of sp³-hybridized carbons (Fsp3) is 0.286. The third-order valence-electron chi connectivity index (χ3n) is 4.53. The van der Waals surface area contributed by atoms with E-state index in [4.69, 9.17) is 4.74 Å². The number of aliphatic hydroxyl groups excluding tert-OH is 1. The van der Waals surface area contributed by atoms with Crippen molar-refractivity contribution >= 4 is 18.0 Å². The lowest BCUT2D eigenvalue weighted by atomic mass is 10.2. The van der Waals surface area contributed by atoms with E-state index in [1.54, 1.807) is 25.1 Å². The summed E-state index contributed by atoms with van der Waals surface area (Å²) in [6.07, 6.45) is 7.63. The third-order valence-corrected chi connectivity index (χ3v) is 4.53. The lowest BCUT2D eigenvalue weighted by Crippen LogP contribution is -2.46. The second-order valence-electron chi connectivity index (χ2n) is 6.41. The van der Waals surface area contributed by atoms with Crippen molar-refractivity contribution in [2.45, 2.75) is 6.92 Å². The van der Waals surface area contributed by atoms with Crippen LogP contribution in [0, 0.1) is 5.82 Å². The molecule has 7 nitrogen and oxygen atoms in total. The Kier molecular flexibility index (Phi) is 6.78. The Hall–Kier alpha value is -3.42. The summed E-state index contributed by atoms with van der Waals surface area (Å²) in [5.74, 6) is -0.169. The standard InChI is InChI=1S/C21H23FN4O3/c1-2-29-20(28)17-13-23-21(24-14-17)26-11-9-25(10-12-26)19(15-27)8-5-16-3-6-18(22)7-4-16/h3-8,13-15,27H,2,9-12H2,1H3/b8-5+,19-15+. The molecule has 0 spiro atoms. The minimum Gasteiger partial charge on any atom is -0.513 e. The van der Waals surface area contributed by atoms with Gasteiger partial charge in [0.2, 0.25) is 5.95 Å². The van der Waals surface area contributed by atoms with Gasteiger partial charge in [0.1, 0.15) is 12.1 Å². The molecule has 0 radical (unpaired) electrons. The van der Waals surface area contributed by atoms with E-state index in [9.17, 15) is 14.3 Å². The number of anilines is 1.